The molecule has 1 aromatic heterocycles. The van der Waals surface area contributed by atoms with Crippen molar-refractivity contribution in [2.75, 3.05) is 13.6 Å². The lowest BCUT2D eigenvalue weighted by Gasteiger charge is -2.17. The van der Waals surface area contributed by atoms with E-state index in [0.717, 1.165) is 23.8 Å². The number of halogens is 1. The zero-order valence-electron chi connectivity index (χ0n) is 11.4. The van der Waals surface area contributed by atoms with E-state index in [-0.39, 0.29) is 0 Å². The van der Waals surface area contributed by atoms with Crippen LogP contribution in [0.2, 0.25) is 0 Å². The summed E-state index contributed by atoms with van der Waals surface area (Å²) in [7, 11) is 2.16. The Balaban J connectivity index is 2.25. The average molecular weight is 295 g/mol. The van der Waals surface area contributed by atoms with Gasteiger partial charge in [-0.05, 0) is 25.6 Å². The van der Waals surface area contributed by atoms with Crippen molar-refractivity contribution in [3.8, 4) is 10.6 Å². The molecule has 0 aliphatic heterocycles. The van der Waals surface area contributed by atoms with Crippen molar-refractivity contribution in [1.29, 1.82) is 0 Å². The van der Waals surface area contributed by atoms with Crippen molar-refractivity contribution in [1.82, 2.24) is 9.88 Å². The molecule has 0 aliphatic rings. The van der Waals surface area contributed by atoms with Gasteiger partial charge in [-0.2, -0.15) is 0 Å². The van der Waals surface area contributed by atoms with Gasteiger partial charge in [0.15, 0.2) is 0 Å². The molecule has 2 nitrogen and oxygen atoms in total. The Hall–Kier alpha value is -0.900. The van der Waals surface area contributed by atoms with Crippen molar-refractivity contribution in [3.63, 3.8) is 0 Å². The van der Waals surface area contributed by atoms with Gasteiger partial charge in [-0.25, -0.2) is 4.98 Å². The number of benzene rings is 1. The summed E-state index contributed by atoms with van der Waals surface area (Å²) in [6.45, 7) is 4.27. The summed E-state index contributed by atoms with van der Waals surface area (Å²) in [5, 5.41) is 3.10. The molecule has 102 valence electrons. The second-order valence-electron chi connectivity index (χ2n) is 4.67. The Morgan fingerprint density at radius 2 is 2.11 bits per heavy atom. The first-order chi connectivity index (χ1) is 9.24. The fourth-order valence-electron chi connectivity index (χ4n) is 2.11. The van der Waals surface area contributed by atoms with Crippen molar-refractivity contribution in [2.24, 2.45) is 0 Å². The third kappa shape index (κ3) is 3.78. The van der Waals surface area contributed by atoms with Gasteiger partial charge in [0.1, 0.15) is 5.01 Å². The molecule has 0 radical (unpaired) electrons. The topological polar surface area (TPSA) is 16.1 Å². The first-order valence-corrected chi connectivity index (χ1v) is 7.93. The maximum atomic E-state index is 5.83. The van der Waals surface area contributed by atoms with Gasteiger partial charge in [-0.15, -0.1) is 22.9 Å². The lowest BCUT2D eigenvalue weighted by molar-refractivity contribution is 0.328. The highest BCUT2D eigenvalue weighted by atomic mass is 35.5. The van der Waals surface area contributed by atoms with Gasteiger partial charge < -0.3 is 4.90 Å². The van der Waals surface area contributed by atoms with Gasteiger partial charge in [0.25, 0.3) is 0 Å². The Morgan fingerprint density at radius 3 is 2.79 bits per heavy atom. The van der Waals surface area contributed by atoms with E-state index in [1.54, 1.807) is 11.3 Å². The molecular weight excluding hydrogens is 276 g/mol. The van der Waals surface area contributed by atoms with Crippen LogP contribution in [0.5, 0.6) is 0 Å². The van der Waals surface area contributed by atoms with Crippen LogP contribution in [0.25, 0.3) is 10.6 Å². The summed E-state index contributed by atoms with van der Waals surface area (Å²) in [4.78, 5) is 6.92. The number of hydrogen-bond acceptors (Lipinski definition) is 3. The SMILES string of the molecule is CCCN(C)Cc1ccccc1-c1nc(CCl)cs1. The fraction of sp³-hybridized carbons (Fsp3) is 0.400. The van der Waals surface area contributed by atoms with Crippen molar-refractivity contribution in [2.45, 2.75) is 25.8 Å². The normalized spacial score (nSPS) is 11.2. The first kappa shape index (κ1) is 14.5. The molecule has 19 heavy (non-hydrogen) atoms. The summed E-state index contributed by atoms with van der Waals surface area (Å²) < 4.78 is 0. The van der Waals surface area contributed by atoms with E-state index >= 15 is 0 Å². The van der Waals surface area contributed by atoms with Crippen molar-refractivity contribution in [3.05, 3.63) is 40.9 Å². The molecule has 0 N–H and O–H groups in total. The monoisotopic (exact) mass is 294 g/mol. The number of aromatic nitrogens is 1. The summed E-state index contributed by atoms with van der Waals surface area (Å²) in [5.74, 6) is 0.481. The van der Waals surface area contributed by atoms with Gasteiger partial charge in [0.2, 0.25) is 0 Å². The second kappa shape index (κ2) is 7.04. The molecule has 0 fully saturated rings. The van der Waals surface area contributed by atoms with Crippen LogP contribution < -0.4 is 0 Å². The molecule has 1 aromatic carbocycles. The quantitative estimate of drug-likeness (QED) is 0.735. The maximum absolute atomic E-state index is 5.83. The summed E-state index contributed by atoms with van der Waals surface area (Å²) in [6.07, 6.45) is 1.17. The number of rotatable bonds is 6. The van der Waals surface area contributed by atoms with Gasteiger partial charge in [0, 0.05) is 17.5 Å². The van der Waals surface area contributed by atoms with Crippen molar-refractivity contribution >= 4 is 22.9 Å². The summed E-state index contributed by atoms with van der Waals surface area (Å²) in [5.41, 5.74) is 3.51. The molecule has 0 spiro atoms. The van der Waals surface area contributed by atoms with E-state index in [0.29, 0.717) is 5.88 Å². The predicted molar refractivity (Wildman–Crippen MR) is 83.7 cm³/mol. The maximum Gasteiger partial charge on any atom is 0.123 e. The number of thiazole rings is 1. The van der Waals surface area contributed by atoms with Crippen LogP contribution in [0, 0.1) is 0 Å². The third-order valence-corrected chi connectivity index (χ3v) is 4.18. The first-order valence-electron chi connectivity index (χ1n) is 6.51. The van der Waals surface area contributed by atoms with Gasteiger partial charge >= 0.3 is 0 Å². The fourth-order valence-corrected chi connectivity index (χ4v) is 3.22. The molecule has 1 heterocycles. The molecule has 0 saturated heterocycles. The minimum Gasteiger partial charge on any atom is -0.302 e. The number of nitrogens with zero attached hydrogens (tertiary/aromatic N) is 2. The Kier molecular flexibility index (Phi) is 5.37. The van der Waals surface area contributed by atoms with Crippen LogP contribution in [0.1, 0.15) is 24.6 Å². The van der Waals surface area contributed by atoms with Crippen LogP contribution in [-0.2, 0) is 12.4 Å². The number of alkyl halides is 1. The van der Waals surface area contributed by atoms with E-state index < -0.39 is 0 Å². The Bertz CT molecular complexity index is 524. The third-order valence-electron chi connectivity index (χ3n) is 2.98. The molecule has 0 atom stereocenters. The van der Waals surface area contributed by atoms with Crippen LogP contribution in [0.3, 0.4) is 0 Å². The minimum absolute atomic E-state index is 0.481. The van der Waals surface area contributed by atoms with E-state index in [1.807, 2.05) is 5.38 Å². The largest absolute Gasteiger partial charge is 0.302 e. The van der Waals surface area contributed by atoms with Crippen LogP contribution in [-0.4, -0.2) is 23.5 Å². The molecule has 2 rings (SSSR count). The Labute approximate surface area is 124 Å². The lowest BCUT2D eigenvalue weighted by atomic mass is 10.1. The smallest absolute Gasteiger partial charge is 0.123 e. The Morgan fingerprint density at radius 1 is 1.32 bits per heavy atom. The van der Waals surface area contributed by atoms with Crippen LogP contribution in [0.15, 0.2) is 29.6 Å². The zero-order valence-corrected chi connectivity index (χ0v) is 13.0. The standard InChI is InChI=1S/C15H19ClN2S/c1-3-8-18(2)10-12-6-4-5-7-14(12)15-17-13(9-16)11-19-15/h4-7,11H,3,8-10H2,1-2H3. The van der Waals surface area contributed by atoms with Crippen molar-refractivity contribution < 1.29 is 0 Å². The zero-order chi connectivity index (χ0) is 13.7. The predicted octanol–water partition coefficient (Wildman–Crippen LogP) is 4.39. The average Bonchev–Trinajstić information content (AvgIpc) is 2.88. The van der Waals surface area contributed by atoms with E-state index in [4.69, 9.17) is 11.6 Å². The minimum atomic E-state index is 0.481. The lowest BCUT2D eigenvalue weighted by Crippen LogP contribution is -2.18. The van der Waals surface area contributed by atoms with Gasteiger partial charge in [-0.1, -0.05) is 31.2 Å². The highest BCUT2D eigenvalue weighted by molar-refractivity contribution is 7.13. The molecule has 2 aromatic rings. The molecule has 0 saturated carbocycles. The molecule has 4 heteroatoms. The van der Waals surface area contributed by atoms with Gasteiger partial charge in [-0.3, -0.25) is 0 Å². The van der Waals surface area contributed by atoms with E-state index in [2.05, 4.69) is 48.1 Å². The molecular formula is C15H19ClN2S. The number of hydrogen-bond donors (Lipinski definition) is 0. The highest BCUT2D eigenvalue weighted by Gasteiger charge is 2.10. The van der Waals surface area contributed by atoms with Gasteiger partial charge in [0.05, 0.1) is 11.6 Å². The van der Waals surface area contributed by atoms with E-state index in [9.17, 15) is 0 Å². The molecule has 0 unspecified atom stereocenters. The van der Waals surface area contributed by atoms with Crippen LogP contribution >= 0.6 is 22.9 Å². The summed E-state index contributed by atoms with van der Waals surface area (Å²) in [6, 6.07) is 8.49. The van der Waals surface area contributed by atoms with E-state index in [1.165, 1.54) is 17.5 Å². The summed E-state index contributed by atoms with van der Waals surface area (Å²) >= 11 is 7.50. The van der Waals surface area contributed by atoms with Crippen LogP contribution in [0.4, 0.5) is 0 Å². The second-order valence-corrected chi connectivity index (χ2v) is 5.80. The molecule has 0 aliphatic carbocycles. The molecule has 0 bridgehead atoms. The molecule has 0 amide bonds. The highest BCUT2D eigenvalue weighted by Crippen LogP contribution is 2.28.